The number of benzene rings is 2. The molecule has 0 aliphatic carbocycles. The lowest BCUT2D eigenvalue weighted by atomic mass is 10.2. The predicted molar refractivity (Wildman–Crippen MR) is 81.8 cm³/mol. The van der Waals surface area contributed by atoms with E-state index in [1.54, 1.807) is 0 Å². The molecule has 94 valence electrons. The van der Waals surface area contributed by atoms with Gasteiger partial charge in [-0.3, -0.25) is 0 Å². The molecule has 2 aromatic rings. The first kappa shape index (κ1) is 13.4. The maximum atomic E-state index is 5.83. The van der Waals surface area contributed by atoms with Crippen molar-refractivity contribution in [3.8, 4) is 5.75 Å². The van der Waals surface area contributed by atoms with E-state index >= 15 is 0 Å². The van der Waals surface area contributed by atoms with Crippen molar-refractivity contribution in [2.45, 2.75) is 13.5 Å². The molecular weight excluding hydrogens is 358 g/mol. The molecule has 0 saturated heterocycles. The number of anilines is 1. The Morgan fingerprint density at radius 1 is 1.11 bits per heavy atom. The summed E-state index contributed by atoms with van der Waals surface area (Å²) in [6.07, 6.45) is 0. The number of hydrogen-bond donors (Lipinski definition) is 1. The molecule has 0 atom stereocenters. The first-order valence-corrected chi connectivity index (χ1v) is 7.08. The summed E-state index contributed by atoms with van der Waals surface area (Å²) in [5, 5.41) is 0. The summed E-state index contributed by atoms with van der Waals surface area (Å²) in [7, 11) is 0. The summed E-state index contributed by atoms with van der Waals surface area (Å²) in [4.78, 5) is 0. The minimum atomic E-state index is 0.514. The Kier molecular flexibility index (Phi) is 4.30. The van der Waals surface area contributed by atoms with Gasteiger partial charge in [-0.25, -0.2) is 0 Å². The molecule has 0 aromatic heterocycles. The van der Waals surface area contributed by atoms with Crippen molar-refractivity contribution >= 4 is 37.5 Å². The van der Waals surface area contributed by atoms with Crippen LogP contribution < -0.4 is 10.5 Å². The third-order valence-electron chi connectivity index (χ3n) is 2.59. The van der Waals surface area contributed by atoms with Crippen molar-refractivity contribution in [2.24, 2.45) is 0 Å². The lowest BCUT2D eigenvalue weighted by molar-refractivity contribution is 0.304. The number of hydrogen-bond acceptors (Lipinski definition) is 2. The second kappa shape index (κ2) is 5.76. The average molecular weight is 371 g/mol. The Morgan fingerprint density at radius 3 is 2.56 bits per heavy atom. The maximum Gasteiger partial charge on any atom is 0.122 e. The SMILES string of the molecule is Cc1cc(Br)ccc1OCc1ccc(Br)c(N)c1. The highest BCUT2D eigenvalue weighted by Crippen LogP contribution is 2.24. The minimum absolute atomic E-state index is 0.514. The zero-order chi connectivity index (χ0) is 13.1. The topological polar surface area (TPSA) is 35.2 Å². The molecule has 0 aliphatic rings. The number of nitrogen functional groups attached to an aromatic ring is 1. The van der Waals surface area contributed by atoms with Crippen LogP contribution in [0.5, 0.6) is 5.75 Å². The van der Waals surface area contributed by atoms with Gasteiger partial charge in [-0.15, -0.1) is 0 Å². The summed E-state index contributed by atoms with van der Waals surface area (Å²) < 4.78 is 7.75. The number of nitrogens with two attached hydrogens (primary N) is 1. The molecule has 4 heteroatoms. The molecule has 0 fully saturated rings. The van der Waals surface area contributed by atoms with Crippen molar-refractivity contribution in [1.29, 1.82) is 0 Å². The van der Waals surface area contributed by atoms with Crippen molar-refractivity contribution in [2.75, 3.05) is 5.73 Å². The molecule has 18 heavy (non-hydrogen) atoms. The van der Waals surface area contributed by atoms with Crippen LogP contribution in [0.3, 0.4) is 0 Å². The monoisotopic (exact) mass is 369 g/mol. The number of ether oxygens (including phenoxy) is 1. The highest BCUT2D eigenvalue weighted by Gasteiger charge is 2.02. The highest BCUT2D eigenvalue weighted by molar-refractivity contribution is 9.10. The lowest BCUT2D eigenvalue weighted by Gasteiger charge is -2.10. The maximum absolute atomic E-state index is 5.83. The molecule has 0 unspecified atom stereocenters. The Hall–Kier alpha value is -1.00. The zero-order valence-electron chi connectivity index (χ0n) is 9.91. The van der Waals surface area contributed by atoms with E-state index in [4.69, 9.17) is 10.5 Å². The van der Waals surface area contributed by atoms with Gasteiger partial charge >= 0.3 is 0 Å². The van der Waals surface area contributed by atoms with Crippen LogP contribution in [0.4, 0.5) is 5.69 Å². The summed E-state index contributed by atoms with van der Waals surface area (Å²) >= 11 is 6.81. The molecule has 2 N–H and O–H groups in total. The summed E-state index contributed by atoms with van der Waals surface area (Å²) in [5.74, 6) is 0.889. The predicted octanol–water partition coefficient (Wildman–Crippen LogP) is 4.68. The molecule has 0 heterocycles. The smallest absolute Gasteiger partial charge is 0.122 e. The number of halogens is 2. The summed E-state index contributed by atoms with van der Waals surface area (Å²) in [5.41, 5.74) is 8.72. The zero-order valence-corrected chi connectivity index (χ0v) is 13.1. The van der Waals surface area contributed by atoms with E-state index in [2.05, 4.69) is 31.9 Å². The van der Waals surface area contributed by atoms with Crippen molar-refractivity contribution in [3.63, 3.8) is 0 Å². The lowest BCUT2D eigenvalue weighted by Crippen LogP contribution is -1.98. The van der Waals surface area contributed by atoms with Crippen LogP contribution in [0.1, 0.15) is 11.1 Å². The van der Waals surface area contributed by atoms with Gasteiger partial charge < -0.3 is 10.5 Å². The first-order valence-electron chi connectivity index (χ1n) is 5.49. The Morgan fingerprint density at radius 2 is 1.89 bits per heavy atom. The van der Waals surface area contributed by atoms with Crippen molar-refractivity contribution in [3.05, 3.63) is 56.5 Å². The summed E-state index contributed by atoms with van der Waals surface area (Å²) in [6.45, 7) is 2.54. The van der Waals surface area contributed by atoms with E-state index in [0.29, 0.717) is 6.61 Å². The van der Waals surface area contributed by atoms with Gasteiger partial charge in [-0.1, -0.05) is 22.0 Å². The van der Waals surface area contributed by atoms with Crippen LogP contribution in [-0.2, 0) is 6.61 Å². The second-order valence-electron chi connectivity index (χ2n) is 4.05. The molecule has 2 rings (SSSR count). The highest BCUT2D eigenvalue weighted by atomic mass is 79.9. The van der Waals surface area contributed by atoms with Gasteiger partial charge in [0.1, 0.15) is 12.4 Å². The Labute approximate surface area is 123 Å². The van der Waals surface area contributed by atoms with Crippen LogP contribution in [0, 0.1) is 6.92 Å². The largest absolute Gasteiger partial charge is 0.489 e. The molecular formula is C14H13Br2NO. The second-order valence-corrected chi connectivity index (χ2v) is 5.82. The fourth-order valence-electron chi connectivity index (χ4n) is 1.62. The van der Waals surface area contributed by atoms with Gasteiger partial charge in [-0.2, -0.15) is 0 Å². The molecule has 0 spiro atoms. The van der Waals surface area contributed by atoms with E-state index in [0.717, 1.165) is 31.5 Å². The normalized spacial score (nSPS) is 10.4. The average Bonchev–Trinajstić information content (AvgIpc) is 2.32. The quantitative estimate of drug-likeness (QED) is 0.796. The summed E-state index contributed by atoms with van der Waals surface area (Å²) in [6, 6.07) is 11.8. The molecule has 0 amide bonds. The first-order chi connectivity index (χ1) is 8.56. The molecule has 2 nitrogen and oxygen atoms in total. The number of aryl methyl sites for hydroxylation is 1. The van der Waals surface area contributed by atoms with Gasteiger partial charge in [0.2, 0.25) is 0 Å². The molecule has 0 bridgehead atoms. The van der Waals surface area contributed by atoms with Gasteiger partial charge in [0.15, 0.2) is 0 Å². The van der Waals surface area contributed by atoms with E-state index in [1.165, 1.54) is 0 Å². The van der Waals surface area contributed by atoms with E-state index in [9.17, 15) is 0 Å². The van der Waals surface area contributed by atoms with Crippen LogP contribution in [0.2, 0.25) is 0 Å². The van der Waals surface area contributed by atoms with Gasteiger partial charge in [-0.05, 0) is 64.3 Å². The minimum Gasteiger partial charge on any atom is -0.489 e. The molecule has 0 saturated carbocycles. The van der Waals surface area contributed by atoms with Crippen LogP contribution in [0.25, 0.3) is 0 Å². The molecule has 2 aromatic carbocycles. The Balaban J connectivity index is 2.09. The van der Waals surface area contributed by atoms with Crippen LogP contribution >= 0.6 is 31.9 Å². The van der Waals surface area contributed by atoms with Crippen molar-refractivity contribution in [1.82, 2.24) is 0 Å². The van der Waals surface area contributed by atoms with Gasteiger partial charge in [0.25, 0.3) is 0 Å². The standard InChI is InChI=1S/C14H13Br2NO/c1-9-6-11(15)3-5-14(9)18-8-10-2-4-12(16)13(17)7-10/h2-7H,8,17H2,1H3. The molecule has 0 radical (unpaired) electrons. The van der Waals surface area contributed by atoms with E-state index < -0.39 is 0 Å². The van der Waals surface area contributed by atoms with Crippen LogP contribution in [-0.4, -0.2) is 0 Å². The van der Waals surface area contributed by atoms with Gasteiger partial charge in [0.05, 0.1) is 0 Å². The number of rotatable bonds is 3. The van der Waals surface area contributed by atoms with Crippen molar-refractivity contribution < 1.29 is 4.74 Å². The fraction of sp³-hybridized carbons (Fsp3) is 0.143. The Bertz CT molecular complexity index is 570. The van der Waals surface area contributed by atoms with Gasteiger partial charge in [0, 0.05) is 14.6 Å². The van der Waals surface area contributed by atoms with Crippen LogP contribution in [0.15, 0.2) is 45.3 Å². The third-order valence-corrected chi connectivity index (χ3v) is 3.81. The third kappa shape index (κ3) is 3.27. The van der Waals surface area contributed by atoms with E-state index in [-0.39, 0.29) is 0 Å². The molecule has 0 aliphatic heterocycles. The fourth-order valence-corrected chi connectivity index (χ4v) is 2.34. The van der Waals surface area contributed by atoms with E-state index in [1.807, 2.05) is 43.3 Å².